The van der Waals surface area contributed by atoms with Gasteiger partial charge < -0.3 is 9.32 Å². The molecular formula is C53H33NOS. The summed E-state index contributed by atoms with van der Waals surface area (Å²) in [6, 6.07) is 73.2. The molecule has 262 valence electrons. The Morgan fingerprint density at radius 3 is 2.00 bits per heavy atom. The third-order valence-corrected chi connectivity index (χ3v) is 13.1. The Morgan fingerprint density at radius 2 is 1.11 bits per heavy atom. The van der Waals surface area contributed by atoms with Gasteiger partial charge in [-0.15, -0.1) is 0 Å². The summed E-state index contributed by atoms with van der Waals surface area (Å²) in [5.74, 6) is 0. The summed E-state index contributed by atoms with van der Waals surface area (Å²) in [6.45, 7) is 0. The molecule has 1 spiro atoms. The van der Waals surface area contributed by atoms with E-state index in [9.17, 15) is 0 Å². The smallest absolute Gasteiger partial charge is 0.159 e. The summed E-state index contributed by atoms with van der Waals surface area (Å²) in [4.78, 5) is 4.94. The van der Waals surface area contributed by atoms with Crippen molar-refractivity contribution in [1.82, 2.24) is 0 Å². The van der Waals surface area contributed by atoms with Crippen molar-refractivity contribution in [1.29, 1.82) is 0 Å². The van der Waals surface area contributed by atoms with Crippen LogP contribution in [-0.4, -0.2) is 0 Å². The van der Waals surface area contributed by atoms with Crippen LogP contribution >= 0.6 is 11.8 Å². The van der Waals surface area contributed by atoms with Crippen LogP contribution in [0, 0.1) is 0 Å². The number of para-hydroxylation sites is 3. The van der Waals surface area contributed by atoms with Crippen LogP contribution in [0.3, 0.4) is 0 Å². The monoisotopic (exact) mass is 731 g/mol. The van der Waals surface area contributed by atoms with Crippen molar-refractivity contribution in [3.05, 3.63) is 222 Å². The number of anilines is 3. The molecule has 9 aromatic carbocycles. The minimum absolute atomic E-state index is 0.463. The highest BCUT2D eigenvalue weighted by Gasteiger charge is 2.51. The van der Waals surface area contributed by atoms with E-state index in [1.165, 1.54) is 65.1 Å². The Labute approximate surface area is 329 Å². The number of hydrogen-bond acceptors (Lipinski definition) is 3. The summed E-state index contributed by atoms with van der Waals surface area (Å²) in [5.41, 5.74) is 14.9. The van der Waals surface area contributed by atoms with E-state index in [1.54, 1.807) is 0 Å². The number of furan rings is 1. The molecule has 1 aromatic heterocycles. The van der Waals surface area contributed by atoms with Gasteiger partial charge in [-0.2, -0.15) is 0 Å². The van der Waals surface area contributed by atoms with E-state index in [1.807, 2.05) is 23.9 Å². The minimum atomic E-state index is -0.463. The molecule has 2 heterocycles. The number of fused-ring (bicyclic) bond motifs is 14. The van der Waals surface area contributed by atoms with Gasteiger partial charge in [0.25, 0.3) is 0 Å². The Morgan fingerprint density at radius 1 is 0.429 bits per heavy atom. The average molecular weight is 732 g/mol. The molecule has 1 atom stereocenters. The summed E-state index contributed by atoms with van der Waals surface area (Å²) in [7, 11) is 0. The van der Waals surface area contributed by atoms with Gasteiger partial charge in [0, 0.05) is 31.9 Å². The normalized spacial score (nSPS) is 15.1. The number of rotatable bonds is 4. The van der Waals surface area contributed by atoms with Gasteiger partial charge in [0.1, 0.15) is 5.58 Å². The van der Waals surface area contributed by atoms with E-state index in [4.69, 9.17) is 4.42 Å². The lowest BCUT2D eigenvalue weighted by molar-refractivity contribution is 0.669. The molecule has 1 aliphatic carbocycles. The van der Waals surface area contributed by atoms with E-state index >= 15 is 0 Å². The predicted octanol–water partition coefficient (Wildman–Crippen LogP) is 14.7. The second kappa shape index (κ2) is 12.1. The standard InChI is InChI=1S/C53H33NOS/c1-2-14-37(15-3-1)54(47-22-12-19-43-42-18-7-10-23-48(42)55-52(43)47)38-29-25-34(26-30-38)36-27-31-41-40-17-6-8-20-44(40)53(46(41)33-36)45-21-9-11-24-49(45)56-50-32-28-35-13-4-5-16-39(35)51(50)53/h1-33H. The van der Waals surface area contributed by atoms with Gasteiger partial charge in [0.05, 0.1) is 11.1 Å². The van der Waals surface area contributed by atoms with Crippen LogP contribution in [0.25, 0.3) is 55.0 Å². The molecule has 0 saturated heterocycles. The second-order valence-electron chi connectivity index (χ2n) is 14.8. The predicted molar refractivity (Wildman–Crippen MR) is 233 cm³/mol. The van der Waals surface area contributed by atoms with Gasteiger partial charge in [0.15, 0.2) is 5.58 Å². The van der Waals surface area contributed by atoms with Crippen LogP contribution in [-0.2, 0) is 5.41 Å². The molecule has 0 radical (unpaired) electrons. The van der Waals surface area contributed by atoms with Gasteiger partial charge >= 0.3 is 0 Å². The number of hydrogen-bond donors (Lipinski definition) is 0. The van der Waals surface area contributed by atoms with Crippen LogP contribution in [0.15, 0.2) is 214 Å². The summed E-state index contributed by atoms with van der Waals surface area (Å²) in [6.07, 6.45) is 0. The second-order valence-corrected chi connectivity index (χ2v) is 15.9. The van der Waals surface area contributed by atoms with Crippen molar-refractivity contribution in [2.75, 3.05) is 4.90 Å². The Balaban J connectivity index is 1.05. The van der Waals surface area contributed by atoms with E-state index in [0.717, 1.165) is 39.0 Å². The zero-order chi connectivity index (χ0) is 36.8. The molecule has 1 unspecified atom stereocenters. The first-order valence-electron chi connectivity index (χ1n) is 19.2. The summed E-state index contributed by atoms with van der Waals surface area (Å²) in [5, 5.41) is 4.81. The van der Waals surface area contributed by atoms with E-state index in [0.29, 0.717) is 0 Å². The van der Waals surface area contributed by atoms with Gasteiger partial charge in [0.2, 0.25) is 0 Å². The maximum absolute atomic E-state index is 6.56. The zero-order valence-electron chi connectivity index (χ0n) is 30.3. The molecule has 12 rings (SSSR count). The van der Waals surface area contributed by atoms with Crippen LogP contribution in [0.4, 0.5) is 17.1 Å². The first kappa shape index (κ1) is 31.5. The molecule has 1 aliphatic heterocycles. The van der Waals surface area contributed by atoms with Crippen LogP contribution in [0.5, 0.6) is 0 Å². The zero-order valence-corrected chi connectivity index (χ0v) is 31.1. The van der Waals surface area contributed by atoms with E-state index in [2.05, 4.69) is 193 Å². The maximum Gasteiger partial charge on any atom is 0.159 e. The van der Waals surface area contributed by atoms with E-state index < -0.39 is 5.41 Å². The Bertz CT molecular complexity index is 3180. The quantitative estimate of drug-likeness (QED) is 0.179. The number of benzene rings is 9. The highest BCUT2D eigenvalue weighted by molar-refractivity contribution is 7.99. The largest absolute Gasteiger partial charge is 0.454 e. The lowest BCUT2D eigenvalue weighted by Gasteiger charge is -2.40. The third-order valence-electron chi connectivity index (χ3n) is 11.9. The average Bonchev–Trinajstić information content (AvgIpc) is 3.79. The molecule has 0 N–H and O–H groups in total. The number of nitrogens with zero attached hydrogens (tertiary/aromatic N) is 1. The topological polar surface area (TPSA) is 16.4 Å². The summed E-state index contributed by atoms with van der Waals surface area (Å²) < 4.78 is 6.56. The van der Waals surface area contributed by atoms with Crippen molar-refractivity contribution >= 4 is 61.5 Å². The van der Waals surface area contributed by atoms with Crippen molar-refractivity contribution in [3.8, 4) is 22.3 Å². The van der Waals surface area contributed by atoms with Crippen LogP contribution in [0.1, 0.15) is 22.3 Å². The molecule has 56 heavy (non-hydrogen) atoms. The molecule has 10 aromatic rings. The van der Waals surface area contributed by atoms with Crippen molar-refractivity contribution < 1.29 is 4.42 Å². The highest BCUT2D eigenvalue weighted by atomic mass is 32.2. The van der Waals surface area contributed by atoms with Gasteiger partial charge in [-0.1, -0.05) is 157 Å². The summed E-state index contributed by atoms with van der Waals surface area (Å²) >= 11 is 1.90. The van der Waals surface area contributed by atoms with Crippen molar-refractivity contribution in [2.45, 2.75) is 15.2 Å². The fourth-order valence-electron chi connectivity index (χ4n) is 9.58. The van der Waals surface area contributed by atoms with Crippen molar-refractivity contribution in [3.63, 3.8) is 0 Å². The minimum Gasteiger partial charge on any atom is -0.454 e. The van der Waals surface area contributed by atoms with Gasteiger partial charge in [-0.3, -0.25) is 0 Å². The molecular weight excluding hydrogens is 699 g/mol. The molecule has 0 fully saturated rings. The molecule has 0 amide bonds. The molecule has 0 bridgehead atoms. The fourth-order valence-corrected chi connectivity index (χ4v) is 10.8. The molecule has 3 heteroatoms. The first-order valence-corrected chi connectivity index (χ1v) is 20.0. The Hall–Kier alpha value is -6.81. The van der Waals surface area contributed by atoms with E-state index in [-0.39, 0.29) is 0 Å². The Kier molecular flexibility index (Phi) is 6.81. The third kappa shape index (κ3) is 4.40. The highest BCUT2D eigenvalue weighted by Crippen LogP contribution is 2.63. The molecule has 2 aliphatic rings. The van der Waals surface area contributed by atoms with Gasteiger partial charge in [-0.05, 0) is 110 Å². The molecule has 0 saturated carbocycles. The maximum atomic E-state index is 6.56. The van der Waals surface area contributed by atoms with Crippen LogP contribution < -0.4 is 4.90 Å². The SMILES string of the molecule is c1ccc(N(c2ccc(-c3ccc4c(c3)C3(c5ccccc5Sc5ccc6ccccc6c53)c3ccccc3-4)cc2)c2cccc3c2oc2ccccc23)cc1. The van der Waals surface area contributed by atoms with Crippen molar-refractivity contribution in [2.24, 2.45) is 0 Å². The lowest BCUT2D eigenvalue weighted by atomic mass is 9.66. The van der Waals surface area contributed by atoms with Gasteiger partial charge in [-0.25, -0.2) is 0 Å². The fraction of sp³-hybridized carbons (Fsp3) is 0.0189. The molecule has 2 nitrogen and oxygen atoms in total. The first-order chi connectivity index (χ1) is 27.8. The van der Waals surface area contributed by atoms with Crippen LogP contribution in [0.2, 0.25) is 0 Å². The lowest BCUT2D eigenvalue weighted by Crippen LogP contribution is -2.32.